The van der Waals surface area contributed by atoms with Gasteiger partial charge in [0.2, 0.25) is 11.8 Å². The summed E-state index contributed by atoms with van der Waals surface area (Å²) < 4.78 is 22.8. The number of amides is 3. The van der Waals surface area contributed by atoms with E-state index < -0.39 is 53.5 Å². The van der Waals surface area contributed by atoms with Crippen LogP contribution in [0, 0.1) is 5.92 Å². The van der Waals surface area contributed by atoms with Crippen molar-refractivity contribution in [2.24, 2.45) is 11.7 Å². The number of ketones is 1. The molecule has 1 heterocycles. The van der Waals surface area contributed by atoms with Crippen LogP contribution < -0.4 is 25.8 Å². The number of methoxy groups -OCH3 is 1. The summed E-state index contributed by atoms with van der Waals surface area (Å²) in [6.07, 6.45) is 2.37. The second kappa shape index (κ2) is 19.5. The Morgan fingerprint density at radius 1 is 1.04 bits per heavy atom. The standard InChI is InChI=1S/C38H54N4O9S/c1-9-16-49-32-13-11-25-22-27(32)26-20-24(10-12-31(26)50-17-15-40-37(47)51-38(3,4)5)21-29(36(46)48-7)41-34(44)23(2)19-30(43)33(25)42(6)35(45)28(39)14-18-52-8/h10-13,20,22-23,28-29,33H,9,14-19,21,39H2,1-8H3,(H,40,47)(H,41,44)/t23-,28+,29+,33+/m1/s1. The molecule has 14 heteroatoms. The average Bonchev–Trinajstić information content (AvgIpc) is 3.09. The Labute approximate surface area is 311 Å². The van der Waals surface area contributed by atoms with E-state index in [9.17, 15) is 24.0 Å². The predicted octanol–water partition coefficient (Wildman–Crippen LogP) is 4.44. The van der Waals surface area contributed by atoms with Gasteiger partial charge in [0.25, 0.3) is 0 Å². The Morgan fingerprint density at radius 3 is 2.33 bits per heavy atom. The zero-order valence-electron chi connectivity index (χ0n) is 31.5. The average molecular weight is 743 g/mol. The summed E-state index contributed by atoms with van der Waals surface area (Å²) in [6.45, 7) is 9.53. The van der Waals surface area contributed by atoms with Gasteiger partial charge in [-0.25, -0.2) is 9.59 Å². The second-order valence-electron chi connectivity index (χ2n) is 13.8. The van der Waals surface area contributed by atoms with Crippen molar-refractivity contribution in [3.05, 3.63) is 47.5 Å². The van der Waals surface area contributed by atoms with Crippen molar-refractivity contribution in [3.63, 3.8) is 0 Å². The number of ether oxygens (including phenoxy) is 4. The van der Waals surface area contributed by atoms with Crippen LogP contribution in [-0.4, -0.2) is 98.2 Å². The third-order valence-corrected chi connectivity index (χ3v) is 8.97. The summed E-state index contributed by atoms with van der Waals surface area (Å²) in [5.74, 6) is -1.17. The van der Waals surface area contributed by atoms with Gasteiger partial charge in [0.1, 0.15) is 35.8 Å². The predicted molar refractivity (Wildman–Crippen MR) is 200 cm³/mol. The minimum Gasteiger partial charge on any atom is -0.493 e. The van der Waals surface area contributed by atoms with Crippen LogP contribution in [0.5, 0.6) is 11.5 Å². The quantitative estimate of drug-likeness (QED) is 0.196. The first-order chi connectivity index (χ1) is 24.6. The lowest BCUT2D eigenvalue weighted by Crippen LogP contribution is -2.47. The molecule has 0 aliphatic carbocycles. The minimum atomic E-state index is -1.09. The van der Waals surface area contributed by atoms with E-state index in [-0.39, 0.29) is 31.8 Å². The summed E-state index contributed by atoms with van der Waals surface area (Å²) in [5.41, 5.74) is 7.97. The first-order valence-corrected chi connectivity index (χ1v) is 18.9. The number of nitrogens with two attached hydrogens (primary N) is 1. The maximum Gasteiger partial charge on any atom is 0.407 e. The largest absolute Gasteiger partial charge is 0.493 e. The first-order valence-electron chi connectivity index (χ1n) is 17.5. The number of esters is 1. The monoisotopic (exact) mass is 742 g/mol. The lowest BCUT2D eigenvalue weighted by Gasteiger charge is -2.31. The van der Waals surface area contributed by atoms with Gasteiger partial charge < -0.3 is 40.2 Å². The van der Waals surface area contributed by atoms with Gasteiger partial charge in [-0.2, -0.15) is 11.8 Å². The molecular formula is C38H54N4O9S. The number of nitrogens with zero attached hydrogens (tertiary/aromatic N) is 1. The van der Waals surface area contributed by atoms with Gasteiger partial charge in [-0.1, -0.05) is 26.0 Å². The molecule has 4 N–H and O–H groups in total. The van der Waals surface area contributed by atoms with E-state index in [1.165, 1.54) is 12.0 Å². The number of fused-ring (bicyclic) bond motifs is 5. The molecule has 0 fully saturated rings. The van der Waals surface area contributed by atoms with Crippen molar-refractivity contribution < 1.29 is 42.9 Å². The molecule has 4 atom stereocenters. The number of benzene rings is 2. The molecule has 0 unspecified atom stereocenters. The number of hydrogen-bond acceptors (Lipinski definition) is 11. The normalized spacial score (nSPS) is 18.3. The van der Waals surface area contributed by atoms with Gasteiger partial charge >= 0.3 is 12.1 Å². The molecule has 2 aromatic carbocycles. The Hall–Kier alpha value is -4.30. The molecule has 13 nitrogen and oxygen atoms in total. The third-order valence-electron chi connectivity index (χ3n) is 8.33. The maximum atomic E-state index is 14.2. The summed E-state index contributed by atoms with van der Waals surface area (Å²) in [4.78, 5) is 67.8. The number of hydrogen-bond donors (Lipinski definition) is 3. The van der Waals surface area contributed by atoms with E-state index in [1.807, 2.05) is 19.2 Å². The number of rotatable bonds is 13. The zero-order valence-corrected chi connectivity index (χ0v) is 32.4. The van der Waals surface area contributed by atoms with E-state index in [0.717, 1.165) is 6.42 Å². The molecule has 0 saturated heterocycles. The molecule has 1 aliphatic rings. The lowest BCUT2D eigenvalue weighted by atomic mass is 9.89. The van der Waals surface area contributed by atoms with Crippen LogP contribution in [-0.2, 0) is 35.1 Å². The first kappa shape index (κ1) is 42.1. The molecule has 3 amide bonds. The fourth-order valence-electron chi connectivity index (χ4n) is 5.71. The number of likely N-dealkylation sites (N-methyl/N-ethyl adjacent to an activating group) is 1. The van der Waals surface area contributed by atoms with E-state index in [0.29, 0.717) is 52.5 Å². The minimum absolute atomic E-state index is 0.0848. The zero-order chi connectivity index (χ0) is 38.6. The third kappa shape index (κ3) is 11.9. The summed E-state index contributed by atoms with van der Waals surface area (Å²) in [5, 5.41) is 5.45. The van der Waals surface area contributed by atoms with Crippen molar-refractivity contribution in [2.75, 3.05) is 45.9 Å². The summed E-state index contributed by atoms with van der Waals surface area (Å²) in [6, 6.07) is 7.67. The summed E-state index contributed by atoms with van der Waals surface area (Å²) >= 11 is 1.57. The topological polar surface area (TPSA) is 176 Å². The molecule has 3 rings (SSSR count). The lowest BCUT2D eigenvalue weighted by molar-refractivity contribution is -0.145. The van der Waals surface area contributed by atoms with Gasteiger partial charge in [-0.05, 0) is 81.0 Å². The van der Waals surface area contributed by atoms with Crippen molar-refractivity contribution in [1.82, 2.24) is 15.5 Å². The van der Waals surface area contributed by atoms with Crippen molar-refractivity contribution in [1.29, 1.82) is 0 Å². The van der Waals surface area contributed by atoms with E-state index >= 15 is 0 Å². The maximum absolute atomic E-state index is 14.2. The fraction of sp³-hybridized carbons (Fsp3) is 0.553. The van der Waals surface area contributed by atoms with Crippen molar-refractivity contribution in [2.45, 2.75) is 84.0 Å². The van der Waals surface area contributed by atoms with Crippen LogP contribution >= 0.6 is 11.8 Å². The van der Waals surface area contributed by atoms with Crippen LogP contribution in [0.3, 0.4) is 0 Å². The molecule has 52 heavy (non-hydrogen) atoms. The van der Waals surface area contributed by atoms with Crippen LogP contribution in [0.1, 0.15) is 71.0 Å². The van der Waals surface area contributed by atoms with Crippen LogP contribution in [0.25, 0.3) is 11.1 Å². The SMILES string of the molecule is CCCOc1ccc2cc1-c1cc(ccc1OCCNC(=O)OC(C)(C)C)C[C@@H](C(=O)OC)NC(=O)[C@H](C)CC(=O)[C@H]2N(C)C(=O)[C@@H](N)CCSC. The van der Waals surface area contributed by atoms with Gasteiger partial charge in [0, 0.05) is 36.9 Å². The molecule has 1 aliphatic heterocycles. The number of carbonyl (C=O) groups is 5. The van der Waals surface area contributed by atoms with Gasteiger partial charge in [0.05, 0.1) is 26.3 Å². The highest BCUT2D eigenvalue weighted by atomic mass is 32.2. The molecule has 2 aromatic rings. The van der Waals surface area contributed by atoms with E-state index in [1.54, 1.807) is 76.8 Å². The highest BCUT2D eigenvalue weighted by molar-refractivity contribution is 7.98. The molecular weight excluding hydrogens is 689 g/mol. The number of thioether (sulfide) groups is 1. The molecule has 4 bridgehead atoms. The molecule has 0 spiro atoms. The van der Waals surface area contributed by atoms with Crippen LogP contribution in [0.4, 0.5) is 4.79 Å². The number of carbonyl (C=O) groups excluding carboxylic acids is 5. The molecule has 0 radical (unpaired) electrons. The molecule has 0 saturated carbocycles. The van der Waals surface area contributed by atoms with Gasteiger partial charge in [0.15, 0.2) is 5.78 Å². The van der Waals surface area contributed by atoms with Crippen LogP contribution in [0.15, 0.2) is 36.4 Å². The van der Waals surface area contributed by atoms with E-state index in [2.05, 4.69) is 10.6 Å². The molecule has 286 valence electrons. The highest BCUT2D eigenvalue weighted by Crippen LogP contribution is 2.40. The van der Waals surface area contributed by atoms with Gasteiger partial charge in [-0.3, -0.25) is 14.4 Å². The van der Waals surface area contributed by atoms with Crippen molar-refractivity contribution in [3.8, 4) is 22.6 Å². The number of Topliss-reactive ketones (excluding diaryl/α,β-unsaturated/α-hetero) is 1. The Kier molecular flexibility index (Phi) is 15.8. The highest BCUT2D eigenvalue weighted by Gasteiger charge is 2.35. The van der Waals surface area contributed by atoms with Crippen LogP contribution in [0.2, 0.25) is 0 Å². The Bertz CT molecular complexity index is 1580. The van der Waals surface area contributed by atoms with Gasteiger partial charge in [-0.15, -0.1) is 0 Å². The Morgan fingerprint density at radius 2 is 1.69 bits per heavy atom. The second-order valence-corrected chi connectivity index (χ2v) is 14.8. The number of alkyl carbamates (subject to hydrolysis) is 1. The Balaban J connectivity index is 2.21. The molecule has 0 aromatic heterocycles. The van der Waals surface area contributed by atoms with E-state index in [4.69, 9.17) is 24.7 Å². The van der Waals surface area contributed by atoms with Crippen molar-refractivity contribution >= 4 is 41.4 Å². The summed E-state index contributed by atoms with van der Waals surface area (Å²) in [7, 11) is 2.78. The number of nitrogens with one attached hydrogen (secondary N) is 2. The smallest absolute Gasteiger partial charge is 0.407 e. The fourth-order valence-corrected chi connectivity index (χ4v) is 6.20.